The number of carbonyl (C=O) groups excluding carboxylic acids is 1. The van der Waals surface area contributed by atoms with Crippen molar-refractivity contribution in [2.75, 3.05) is 0 Å². The van der Waals surface area contributed by atoms with Crippen LogP contribution >= 0.6 is 0 Å². The summed E-state index contributed by atoms with van der Waals surface area (Å²) in [5.41, 5.74) is 0. The lowest BCUT2D eigenvalue weighted by atomic mass is 10.1. The third-order valence-electron chi connectivity index (χ3n) is 2.49. The van der Waals surface area contributed by atoms with Gasteiger partial charge in [0.2, 0.25) is 0 Å². The minimum absolute atomic E-state index is 0.0514. The van der Waals surface area contributed by atoms with E-state index in [0.29, 0.717) is 5.76 Å². The summed E-state index contributed by atoms with van der Waals surface area (Å²) in [6, 6.07) is 1.57. The molecule has 0 aliphatic carbocycles. The highest BCUT2D eigenvalue weighted by Crippen LogP contribution is 2.02. The molecule has 1 aromatic heterocycles. The van der Waals surface area contributed by atoms with Crippen LogP contribution < -0.4 is 10.6 Å². The Balaban J connectivity index is 2.34. The number of urea groups is 1. The third-order valence-corrected chi connectivity index (χ3v) is 2.49. The molecular weight excluding hydrogens is 268 g/mol. The van der Waals surface area contributed by atoms with E-state index in [2.05, 4.69) is 10.6 Å². The van der Waals surface area contributed by atoms with Crippen LogP contribution in [-0.2, 0) is 16.1 Å². The molecule has 0 fully saturated rings. The summed E-state index contributed by atoms with van der Waals surface area (Å²) in [7, 11) is 0. The largest absolute Gasteiger partial charge is 0.481 e. The van der Waals surface area contributed by atoms with E-state index < -0.39 is 24.0 Å². The minimum Gasteiger partial charge on any atom is -0.481 e. The molecule has 0 radical (unpaired) electrons. The van der Waals surface area contributed by atoms with Gasteiger partial charge < -0.3 is 25.3 Å². The summed E-state index contributed by atoms with van der Waals surface area (Å²) in [5, 5.41) is 22.1. The second kappa shape index (κ2) is 7.82. The number of hydrogen-bond donors (Lipinski definition) is 4. The smallest absolute Gasteiger partial charge is 0.326 e. The van der Waals surface area contributed by atoms with Crippen molar-refractivity contribution in [3.63, 3.8) is 0 Å². The number of amides is 2. The van der Waals surface area contributed by atoms with Crippen LogP contribution in [0.4, 0.5) is 4.79 Å². The Labute approximate surface area is 114 Å². The average molecular weight is 284 g/mol. The molecule has 8 heteroatoms. The molecule has 0 aliphatic heterocycles. The Kier molecular flexibility index (Phi) is 6.08. The molecule has 1 atom stereocenters. The van der Waals surface area contributed by atoms with Crippen molar-refractivity contribution in [1.29, 1.82) is 0 Å². The Morgan fingerprint density at radius 2 is 2.05 bits per heavy atom. The fraction of sp³-hybridized carbons (Fsp3) is 0.417. The van der Waals surface area contributed by atoms with Crippen molar-refractivity contribution in [3.05, 3.63) is 24.2 Å². The molecule has 8 nitrogen and oxygen atoms in total. The number of furan rings is 1. The van der Waals surface area contributed by atoms with Gasteiger partial charge in [-0.15, -0.1) is 0 Å². The van der Waals surface area contributed by atoms with Crippen LogP contribution in [-0.4, -0.2) is 34.2 Å². The molecule has 0 aromatic carbocycles. The topological polar surface area (TPSA) is 129 Å². The quantitative estimate of drug-likeness (QED) is 0.558. The van der Waals surface area contributed by atoms with Gasteiger partial charge in [0.1, 0.15) is 11.8 Å². The number of carbonyl (C=O) groups is 3. The van der Waals surface area contributed by atoms with Crippen molar-refractivity contribution >= 4 is 18.0 Å². The maximum absolute atomic E-state index is 11.5. The van der Waals surface area contributed by atoms with Gasteiger partial charge in [-0.05, 0) is 25.0 Å². The van der Waals surface area contributed by atoms with Crippen LogP contribution in [0.15, 0.2) is 22.8 Å². The van der Waals surface area contributed by atoms with E-state index >= 15 is 0 Å². The van der Waals surface area contributed by atoms with Crippen molar-refractivity contribution in [2.45, 2.75) is 31.8 Å². The van der Waals surface area contributed by atoms with Gasteiger partial charge in [-0.1, -0.05) is 0 Å². The van der Waals surface area contributed by atoms with Gasteiger partial charge in [0.15, 0.2) is 0 Å². The first-order chi connectivity index (χ1) is 9.49. The van der Waals surface area contributed by atoms with E-state index in [0.717, 1.165) is 0 Å². The zero-order valence-electron chi connectivity index (χ0n) is 10.7. The number of rotatable bonds is 8. The van der Waals surface area contributed by atoms with E-state index in [-0.39, 0.29) is 25.8 Å². The zero-order valence-corrected chi connectivity index (χ0v) is 10.7. The predicted molar refractivity (Wildman–Crippen MR) is 67.0 cm³/mol. The summed E-state index contributed by atoms with van der Waals surface area (Å²) in [6.45, 7) is 0.139. The fourth-order valence-corrected chi connectivity index (χ4v) is 1.50. The molecule has 0 saturated carbocycles. The van der Waals surface area contributed by atoms with E-state index in [4.69, 9.17) is 14.6 Å². The van der Waals surface area contributed by atoms with Gasteiger partial charge in [-0.2, -0.15) is 0 Å². The second-order valence-electron chi connectivity index (χ2n) is 4.08. The predicted octanol–water partition coefficient (Wildman–Crippen LogP) is 0.787. The number of aliphatic carboxylic acids is 2. The highest BCUT2D eigenvalue weighted by molar-refractivity contribution is 5.82. The van der Waals surface area contributed by atoms with E-state index in [1.165, 1.54) is 6.26 Å². The first-order valence-corrected chi connectivity index (χ1v) is 6.00. The minimum atomic E-state index is -1.21. The average Bonchev–Trinajstić information content (AvgIpc) is 2.87. The van der Waals surface area contributed by atoms with Gasteiger partial charge in [-0.25, -0.2) is 9.59 Å². The lowest BCUT2D eigenvalue weighted by Crippen LogP contribution is -2.45. The molecule has 2 amide bonds. The van der Waals surface area contributed by atoms with Crippen LogP contribution in [0.5, 0.6) is 0 Å². The number of hydrogen-bond acceptors (Lipinski definition) is 4. The van der Waals surface area contributed by atoms with Gasteiger partial charge in [-0.3, -0.25) is 4.79 Å². The third kappa shape index (κ3) is 5.89. The molecule has 0 bridgehead atoms. The summed E-state index contributed by atoms with van der Waals surface area (Å²) in [5.74, 6) is -1.67. The Morgan fingerprint density at radius 1 is 1.30 bits per heavy atom. The number of carboxylic acids is 2. The van der Waals surface area contributed by atoms with Crippen molar-refractivity contribution < 1.29 is 29.0 Å². The Hall–Kier alpha value is -2.51. The van der Waals surface area contributed by atoms with Crippen LogP contribution in [0.2, 0.25) is 0 Å². The Bertz CT molecular complexity index is 457. The highest BCUT2D eigenvalue weighted by Gasteiger charge is 2.19. The van der Waals surface area contributed by atoms with Gasteiger partial charge >= 0.3 is 18.0 Å². The highest BCUT2D eigenvalue weighted by atomic mass is 16.4. The van der Waals surface area contributed by atoms with Crippen molar-refractivity contribution in [1.82, 2.24) is 10.6 Å². The first-order valence-electron chi connectivity index (χ1n) is 6.00. The maximum atomic E-state index is 11.5. The SMILES string of the molecule is O=C(O)CCC[C@@H](NC(=O)NCc1ccco1)C(=O)O. The summed E-state index contributed by atoms with van der Waals surface area (Å²) >= 11 is 0. The lowest BCUT2D eigenvalue weighted by Gasteiger charge is -2.14. The van der Waals surface area contributed by atoms with Crippen molar-refractivity contribution in [3.8, 4) is 0 Å². The first kappa shape index (κ1) is 15.5. The summed E-state index contributed by atoms with van der Waals surface area (Å²) < 4.78 is 5.00. The Morgan fingerprint density at radius 3 is 2.60 bits per heavy atom. The van der Waals surface area contributed by atoms with E-state index in [1.54, 1.807) is 12.1 Å². The molecule has 110 valence electrons. The van der Waals surface area contributed by atoms with Crippen LogP contribution in [0.1, 0.15) is 25.0 Å². The van der Waals surface area contributed by atoms with Crippen LogP contribution in [0, 0.1) is 0 Å². The lowest BCUT2D eigenvalue weighted by molar-refractivity contribution is -0.140. The molecule has 0 spiro atoms. The van der Waals surface area contributed by atoms with E-state index in [9.17, 15) is 14.4 Å². The molecule has 0 aliphatic rings. The van der Waals surface area contributed by atoms with Gasteiger partial charge in [0.25, 0.3) is 0 Å². The van der Waals surface area contributed by atoms with Crippen molar-refractivity contribution in [2.24, 2.45) is 0 Å². The summed E-state index contributed by atoms with van der Waals surface area (Å²) in [6.07, 6.45) is 1.54. The molecule has 0 unspecified atom stereocenters. The molecule has 4 N–H and O–H groups in total. The molecule has 1 rings (SSSR count). The zero-order chi connectivity index (χ0) is 15.0. The van der Waals surface area contributed by atoms with Gasteiger partial charge in [0, 0.05) is 6.42 Å². The standard InChI is InChI=1S/C12H16N2O6/c15-10(16)5-1-4-9(11(17)18)14-12(19)13-7-8-3-2-6-20-8/h2-3,6,9H,1,4-5,7H2,(H,15,16)(H,17,18)(H2,13,14,19)/t9-/m1/s1. The molecule has 1 heterocycles. The normalized spacial score (nSPS) is 11.6. The van der Waals surface area contributed by atoms with Gasteiger partial charge in [0.05, 0.1) is 12.8 Å². The molecule has 20 heavy (non-hydrogen) atoms. The van der Waals surface area contributed by atoms with Crippen LogP contribution in [0.25, 0.3) is 0 Å². The molecule has 0 saturated heterocycles. The monoisotopic (exact) mass is 284 g/mol. The molecule has 1 aromatic rings. The second-order valence-corrected chi connectivity index (χ2v) is 4.08. The fourth-order valence-electron chi connectivity index (χ4n) is 1.50. The van der Waals surface area contributed by atoms with Crippen LogP contribution in [0.3, 0.4) is 0 Å². The maximum Gasteiger partial charge on any atom is 0.326 e. The van der Waals surface area contributed by atoms with E-state index in [1.807, 2.05) is 0 Å². The number of nitrogens with one attached hydrogen (secondary N) is 2. The molecular formula is C12H16N2O6. The summed E-state index contributed by atoms with van der Waals surface area (Å²) in [4.78, 5) is 32.8. The number of carboxylic acid groups (broad SMARTS) is 2.